The Hall–Kier alpha value is -1.56. The van der Waals surface area contributed by atoms with E-state index < -0.39 is 5.54 Å². The summed E-state index contributed by atoms with van der Waals surface area (Å²) >= 11 is 3.33. The lowest BCUT2D eigenvalue weighted by atomic mass is 9.99. The fourth-order valence-electron chi connectivity index (χ4n) is 2.09. The van der Waals surface area contributed by atoms with Crippen molar-refractivity contribution in [3.8, 4) is 5.75 Å². The fraction of sp³-hybridized carbons (Fsp3) is 0.429. The normalized spacial score (nSPS) is 17.6. The Labute approximate surface area is 126 Å². The van der Waals surface area contributed by atoms with Crippen LogP contribution in [-0.2, 0) is 9.59 Å². The smallest absolute Gasteiger partial charge is 0.261 e. The molecular weight excluding hydrogens is 324 g/mol. The second kappa shape index (κ2) is 5.83. The molecule has 1 aromatic rings. The molecule has 6 heteroatoms. The molecule has 1 aliphatic heterocycles. The number of halogens is 1. The maximum absolute atomic E-state index is 12.2. The third-order valence-corrected chi connectivity index (χ3v) is 3.86. The maximum atomic E-state index is 12.2. The first-order valence-corrected chi connectivity index (χ1v) is 7.17. The van der Waals surface area contributed by atoms with Gasteiger partial charge in [0.2, 0.25) is 5.91 Å². The molecule has 2 rings (SSSR count). The molecule has 1 N–H and O–H groups in total. The molecule has 0 radical (unpaired) electrons. The molecule has 1 aromatic carbocycles. The van der Waals surface area contributed by atoms with Gasteiger partial charge in [0.15, 0.2) is 6.61 Å². The molecule has 0 bridgehead atoms. The van der Waals surface area contributed by atoms with E-state index in [1.807, 2.05) is 12.1 Å². The molecule has 0 atom stereocenters. The van der Waals surface area contributed by atoms with E-state index in [2.05, 4.69) is 21.2 Å². The van der Waals surface area contributed by atoms with E-state index in [0.29, 0.717) is 18.8 Å². The number of piperazine rings is 1. The van der Waals surface area contributed by atoms with Gasteiger partial charge in [0.25, 0.3) is 5.91 Å². The van der Waals surface area contributed by atoms with Gasteiger partial charge in [0, 0.05) is 17.6 Å². The van der Waals surface area contributed by atoms with Crippen molar-refractivity contribution < 1.29 is 14.3 Å². The molecule has 108 valence electrons. The third kappa shape index (κ3) is 3.12. The lowest BCUT2D eigenvalue weighted by Gasteiger charge is -2.41. The molecule has 0 aliphatic carbocycles. The summed E-state index contributed by atoms with van der Waals surface area (Å²) in [5.41, 5.74) is -0.835. The third-order valence-electron chi connectivity index (χ3n) is 3.33. The quantitative estimate of drug-likeness (QED) is 0.908. The van der Waals surface area contributed by atoms with Gasteiger partial charge in [-0.1, -0.05) is 15.9 Å². The highest BCUT2D eigenvalue weighted by atomic mass is 79.9. The number of benzene rings is 1. The number of hydrogen-bond donors (Lipinski definition) is 1. The summed E-state index contributed by atoms with van der Waals surface area (Å²) < 4.78 is 6.41. The molecular formula is C14H17BrN2O3. The topological polar surface area (TPSA) is 58.6 Å². The minimum atomic E-state index is -0.835. The van der Waals surface area contributed by atoms with Gasteiger partial charge in [0.05, 0.1) is 0 Å². The second-order valence-electron chi connectivity index (χ2n) is 5.10. The van der Waals surface area contributed by atoms with Crippen LogP contribution in [-0.4, -0.2) is 41.9 Å². The first-order chi connectivity index (χ1) is 9.41. The van der Waals surface area contributed by atoms with Crippen LogP contribution in [0, 0.1) is 0 Å². The van der Waals surface area contributed by atoms with Gasteiger partial charge in [-0.2, -0.15) is 0 Å². The monoisotopic (exact) mass is 340 g/mol. The van der Waals surface area contributed by atoms with Crippen molar-refractivity contribution in [1.82, 2.24) is 10.2 Å². The number of carbonyl (C=O) groups excluding carboxylic acids is 2. The number of ether oxygens (including phenoxy) is 1. The van der Waals surface area contributed by atoms with Gasteiger partial charge < -0.3 is 15.0 Å². The standard InChI is InChI=1S/C14H17BrN2O3/c1-14(2)13(19)16-7-8-17(14)12(18)9-20-11-5-3-10(15)4-6-11/h3-6H,7-9H2,1-2H3,(H,16,19). The average Bonchev–Trinajstić information content (AvgIpc) is 2.41. The molecule has 0 aromatic heterocycles. The largest absolute Gasteiger partial charge is 0.484 e. The van der Waals surface area contributed by atoms with Gasteiger partial charge in [-0.05, 0) is 38.1 Å². The summed E-state index contributed by atoms with van der Waals surface area (Å²) in [7, 11) is 0. The highest BCUT2D eigenvalue weighted by Gasteiger charge is 2.40. The summed E-state index contributed by atoms with van der Waals surface area (Å²) in [5.74, 6) is 0.300. The Morgan fingerprint density at radius 1 is 1.40 bits per heavy atom. The molecule has 1 aliphatic rings. The van der Waals surface area contributed by atoms with Gasteiger partial charge in [0.1, 0.15) is 11.3 Å². The Morgan fingerprint density at radius 2 is 2.05 bits per heavy atom. The molecule has 20 heavy (non-hydrogen) atoms. The van der Waals surface area contributed by atoms with E-state index in [4.69, 9.17) is 4.74 Å². The zero-order chi connectivity index (χ0) is 14.8. The van der Waals surface area contributed by atoms with Crippen LogP contribution >= 0.6 is 15.9 Å². The predicted octanol–water partition coefficient (Wildman–Crippen LogP) is 1.56. The Balaban J connectivity index is 1.97. The summed E-state index contributed by atoms with van der Waals surface area (Å²) in [5, 5.41) is 2.76. The minimum Gasteiger partial charge on any atom is -0.484 e. The van der Waals surface area contributed by atoms with Crippen LogP contribution in [0.5, 0.6) is 5.75 Å². The number of nitrogens with zero attached hydrogens (tertiary/aromatic N) is 1. The number of amides is 2. The van der Waals surface area contributed by atoms with E-state index in [9.17, 15) is 9.59 Å². The molecule has 0 spiro atoms. The van der Waals surface area contributed by atoms with Crippen LogP contribution < -0.4 is 10.1 Å². The average molecular weight is 341 g/mol. The fourth-order valence-corrected chi connectivity index (χ4v) is 2.35. The van der Waals surface area contributed by atoms with Crippen molar-refractivity contribution in [2.45, 2.75) is 19.4 Å². The minimum absolute atomic E-state index is 0.0711. The Kier molecular flexibility index (Phi) is 4.32. The van der Waals surface area contributed by atoms with Crippen molar-refractivity contribution in [2.24, 2.45) is 0 Å². The van der Waals surface area contributed by atoms with Crippen molar-refractivity contribution in [3.63, 3.8) is 0 Å². The molecule has 1 heterocycles. The summed E-state index contributed by atoms with van der Waals surface area (Å²) in [6.07, 6.45) is 0. The van der Waals surface area contributed by atoms with Gasteiger partial charge >= 0.3 is 0 Å². The lowest BCUT2D eigenvalue weighted by Crippen LogP contribution is -2.64. The molecule has 0 saturated carbocycles. The number of hydrogen-bond acceptors (Lipinski definition) is 3. The van der Waals surface area contributed by atoms with E-state index in [1.165, 1.54) is 0 Å². The van der Waals surface area contributed by atoms with Crippen LogP contribution in [0.25, 0.3) is 0 Å². The van der Waals surface area contributed by atoms with E-state index >= 15 is 0 Å². The van der Waals surface area contributed by atoms with Crippen molar-refractivity contribution in [3.05, 3.63) is 28.7 Å². The first kappa shape index (κ1) is 14.8. The van der Waals surface area contributed by atoms with E-state index in [0.717, 1.165) is 4.47 Å². The molecule has 1 fully saturated rings. The summed E-state index contributed by atoms with van der Waals surface area (Å²) in [6, 6.07) is 7.26. The SMILES string of the molecule is CC1(C)C(=O)NCCN1C(=O)COc1ccc(Br)cc1. The maximum Gasteiger partial charge on any atom is 0.261 e. The van der Waals surface area contributed by atoms with Crippen LogP contribution in [0.15, 0.2) is 28.7 Å². The highest BCUT2D eigenvalue weighted by molar-refractivity contribution is 9.10. The van der Waals surface area contributed by atoms with Crippen molar-refractivity contribution in [2.75, 3.05) is 19.7 Å². The van der Waals surface area contributed by atoms with Crippen LogP contribution in [0.3, 0.4) is 0 Å². The van der Waals surface area contributed by atoms with E-state index in [-0.39, 0.29) is 18.4 Å². The zero-order valence-corrected chi connectivity index (χ0v) is 13.1. The Morgan fingerprint density at radius 3 is 2.70 bits per heavy atom. The number of nitrogens with one attached hydrogen (secondary N) is 1. The molecule has 2 amide bonds. The van der Waals surface area contributed by atoms with Gasteiger partial charge in [-0.25, -0.2) is 0 Å². The molecule has 0 unspecified atom stereocenters. The zero-order valence-electron chi connectivity index (χ0n) is 11.5. The second-order valence-corrected chi connectivity index (χ2v) is 6.02. The van der Waals surface area contributed by atoms with Gasteiger partial charge in [-0.3, -0.25) is 9.59 Å². The van der Waals surface area contributed by atoms with Gasteiger partial charge in [-0.15, -0.1) is 0 Å². The summed E-state index contributed by atoms with van der Waals surface area (Å²) in [6.45, 7) is 4.38. The van der Waals surface area contributed by atoms with Crippen molar-refractivity contribution in [1.29, 1.82) is 0 Å². The van der Waals surface area contributed by atoms with Crippen LogP contribution in [0.4, 0.5) is 0 Å². The number of carbonyl (C=O) groups is 2. The Bertz CT molecular complexity index is 514. The lowest BCUT2D eigenvalue weighted by molar-refractivity contribution is -0.150. The van der Waals surface area contributed by atoms with Crippen molar-refractivity contribution >= 4 is 27.7 Å². The van der Waals surface area contributed by atoms with Crippen LogP contribution in [0.2, 0.25) is 0 Å². The predicted molar refractivity (Wildman–Crippen MR) is 78.4 cm³/mol. The molecule has 5 nitrogen and oxygen atoms in total. The highest BCUT2D eigenvalue weighted by Crippen LogP contribution is 2.19. The molecule has 1 saturated heterocycles. The van der Waals surface area contributed by atoms with Crippen LogP contribution in [0.1, 0.15) is 13.8 Å². The number of rotatable bonds is 3. The summed E-state index contributed by atoms with van der Waals surface area (Å²) in [4.78, 5) is 25.6. The first-order valence-electron chi connectivity index (χ1n) is 6.38. The van der Waals surface area contributed by atoms with E-state index in [1.54, 1.807) is 30.9 Å².